The SMILES string of the molecule is Cc1cccc(NC(=O)CC2CCCOC2)c1. The maximum Gasteiger partial charge on any atom is 0.224 e. The van der Waals surface area contributed by atoms with Gasteiger partial charge in [-0.15, -0.1) is 0 Å². The average molecular weight is 233 g/mol. The van der Waals surface area contributed by atoms with Gasteiger partial charge in [-0.3, -0.25) is 4.79 Å². The first-order valence-corrected chi connectivity index (χ1v) is 6.18. The zero-order chi connectivity index (χ0) is 12.1. The van der Waals surface area contributed by atoms with Gasteiger partial charge in [0.25, 0.3) is 0 Å². The van der Waals surface area contributed by atoms with Crippen LogP contribution >= 0.6 is 0 Å². The Hall–Kier alpha value is -1.35. The molecule has 2 rings (SSSR count). The molecule has 0 radical (unpaired) electrons. The molecule has 0 spiro atoms. The van der Waals surface area contributed by atoms with Crippen molar-refractivity contribution < 1.29 is 9.53 Å². The van der Waals surface area contributed by atoms with Crippen LogP contribution in [0.2, 0.25) is 0 Å². The van der Waals surface area contributed by atoms with Crippen molar-refractivity contribution in [3.05, 3.63) is 29.8 Å². The molecular weight excluding hydrogens is 214 g/mol. The van der Waals surface area contributed by atoms with Crippen molar-refractivity contribution in [2.45, 2.75) is 26.2 Å². The van der Waals surface area contributed by atoms with E-state index < -0.39 is 0 Å². The second-order valence-electron chi connectivity index (χ2n) is 4.70. The van der Waals surface area contributed by atoms with Gasteiger partial charge in [0.15, 0.2) is 0 Å². The minimum atomic E-state index is 0.0890. The van der Waals surface area contributed by atoms with E-state index in [9.17, 15) is 4.79 Å². The zero-order valence-electron chi connectivity index (χ0n) is 10.2. The number of ether oxygens (including phenoxy) is 1. The number of nitrogens with one attached hydrogen (secondary N) is 1. The van der Waals surface area contributed by atoms with Crippen molar-refractivity contribution >= 4 is 11.6 Å². The van der Waals surface area contributed by atoms with Gasteiger partial charge in [-0.1, -0.05) is 12.1 Å². The Bertz CT molecular complexity index is 384. The third-order valence-electron chi connectivity index (χ3n) is 3.03. The summed E-state index contributed by atoms with van der Waals surface area (Å²) in [7, 11) is 0. The van der Waals surface area contributed by atoms with E-state index in [0.717, 1.165) is 37.3 Å². The van der Waals surface area contributed by atoms with Crippen LogP contribution in [0.15, 0.2) is 24.3 Å². The van der Waals surface area contributed by atoms with Crippen molar-refractivity contribution in [1.82, 2.24) is 0 Å². The van der Waals surface area contributed by atoms with Gasteiger partial charge in [-0.2, -0.15) is 0 Å². The predicted molar refractivity (Wildman–Crippen MR) is 68.0 cm³/mol. The fraction of sp³-hybridized carbons (Fsp3) is 0.500. The Morgan fingerprint density at radius 2 is 2.41 bits per heavy atom. The quantitative estimate of drug-likeness (QED) is 0.871. The van der Waals surface area contributed by atoms with E-state index >= 15 is 0 Å². The fourth-order valence-corrected chi connectivity index (χ4v) is 2.17. The molecule has 0 aromatic heterocycles. The molecule has 0 aliphatic carbocycles. The normalized spacial score (nSPS) is 19.9. The van der Waals surface area contributed by atoms with Crippen LogP contribution in [-0.4, -0.2) is 19.1 Å². The first-order chi connectivity index (χ1) is 8.24. The maximum absolute atomic E-state index is 11.8. The third kappa shape index (κ3) is 3.86. The molecule has 3 heteroatoms. The van der Waals surface area contributed by atoms with Crippen molar-refractivity contribution in [1.29, 1.82) is 0 Å². The Morgan fingerprint density at radius 1 is 1.53 bits per heavy atom. The summed E-state index contributed by atoms with van der Waals surface area (Å²) in [5.41, 5.74) is 2.04. The molecule has 1 aliphatic rings. The first-order valence-electron chi connectivity index (χ1n) is 6.18. The molecule has 1 aliphatic heterocycles. The van der Waals surface area contributed by atoms with Crippen molar-refractivity contribution in [2.24, 2.45) is 5.92 Å². The van der Waals surface area contributed by atoms with Crippen molar-refractivity contribution in [2.75, 3.05) is 18.5 Å². The number of anilines is 1. The summed E-state index contributed by atoms with van der Waals surface area (Å²) >= 11 is 0. The highest BCUT2D eigenvalue weighted by atomic mass is 16.5. The summed E-state index contributed by atoms with van der Waals surface area (Å²) in [4.78, 5) is 11.8. The molecule has 1 aromatic carbocycles. The molecule has 1 atom stereocenters. The molecular formula is C14H19NO2. The Kier molecular flexibility index (Phi) is 4.15. The number of aryl methyl sites for hydroxylation is 1. The van der Waals surface area contributed by atoms with Crippen LogP contribution in [0.3, 0.4) is 0 Å². The van der Waals surface area contributed by atoms with E-state index in [2.05, 4.69) is 5.32 Å². The molecule has 1 N–H and O–H groups in total. The van der Waals surface area contributed by atoms with Crippen LogP contribution in [0.5, 0.6) is 0 Å². The minimum Gasteiger partial charge on any atom is -0.381 e. The topological polar surface area (TPSA) is 38.3 Å². The van der Waals surface area contributed by atoms with Gasteiger partial charge in [-0.05, 0) is 43.4 Å². The van der Waals surface area contributed by atoms with Crippen LogP contribution in [0.1, 0.15) is 24.8 Å². The van der Waals surface area contributed by atoms with Crippen LogP contribution in [0.25, 0.3) is 0 Å². The Balaban J connectivity index is 1.84. The van der Waals surface area contributed by atoms with Crippen LogP contribution in [0, 0.1) is 12.8 Å². The van der Waals surface area contributed by atoms with Crippen molar-refractivity contribution in [3.63, 3.8) is 0 Å². The lowest BCUT2D eigenvalue weighted by molar-refractivity contribution is -0.118. The van der Waals surface area contributed by atoms with Gasteiger partial charge >= 0.3 is 0 Å². The van der Waals surface area contributed by atoms with Crippen molar-refractivity contribution in [3.8, 4) is 0 Å². The number of carbonyl (C=O) groups is 1. The van der Waals surface area contributed by atoms with Crippen LogP contribution < -0.4 is 5.32 Å². The summed E-state index contributed by atoms with van der Waals surface area (Å²) in [5.74, 6) is 0.472. The standard InChI is InChI=1S/C14H19NO2/c1-11-4-2-6-13(8-11)15-14(16)9-12-5-3-7-17-10-12/h2,4,6,8,12H,3,5,7,9-10H2,1H3,(H,15,16). The van der Waals surface area contributed by atoms with E-state index in [1.807, 2.05) is 31.2 Å². The molecule has 1 fully saturated rings. The lowest BCUT2D eigenvalue weighted by atomic mass is 9.98. The lowest BCUT2D eigenvalue weighted by Crippen LogP contribution is -2.23. The fourth-order valence-electron chi connectivity index (χ4n) is 2.17. The van der Waals surface area contributed by atoms with E-state index in [1.165, 1.54) is 0 Å². The number of rotatable bonds is 3. The number of benzene rings is 1. The molecule has 1 unspecified atom stereocenters. The predicted octanol–water partition coefficient (Wildman–Crippen LogP) is 2.75. The monoisotopic (exact) mass is 233 g/mol. The number of carbonyl (C=O) groups excluding carboxylic acids is 1. The van der Waals surface area contributed by atoms with Crippen LogP contribution in [0.4, 0.5) is 5.69 Å². The summed E-state index contributed by atoms with van der Waals surface area (Å²) in [6, 6.07) is 7.87. The number of hydrogen-bond acceptors (Lipinski definition) is 2. The van der Waals surface area contributed by atoms with Gasteiger partial charge < -0.3 is 10.1 Å². The molecule has 17 heavy (non-hydrogen) atoms. The zero-order valence-corrected chi connectivity index (χ0v) is 10.2. The van der Waals surface area contributed by atoms with Gasteiger partial charge in [-0.25, -0.2) is 0 Å². The van der Waals surface area contributed by atoms with Gasteiger partial charge in [0.2, 0.25) is 5.91 Å². The third-order valence-corrected chi connectivity index (χ3v) is 3.03. The smallest absolute Gasteiger partial charge is 0.224 e. The molecule has 1 amide bonds. The summed E-state index contributed by atoms with van der Waals surface area (Å²) in [6.45, 7) is 3.59. The van der Waals surface area contributed by atoms with Gasteiger partial charge in [0, 0.05) is 25.3 Å². The molecule has 92 valence electrons. The molecule has 1 aromatic rings. The molecule has 0 bridgehead atoms. The second kappa shape index (κ2) is 5.82. The molecule has 1 saturated heterocycles. The molecule has 0 saturated carbocycles. The lowest BCUT2D eigenvalue weighted by Gasteiger charge is -2.21. The average Bonchev–Trinajstić information content (AvgIpc) is 2.30. The van der Waals surface area contributed by atoms with E-state index in [0.29, 0.717) is 12.3 Å². The minimum absolute atomic E-state index is 0.0890. The van der Waals surface area contributed by atoms with Gasteiger partial charge in [0.05, 0.1) is 0 Å². The highest BCUT2D eigenvalue weighted by molar-refractivity contribution is 5.90. The highest BCUT2D eigenvalue weighted by Crippen LogP contribution is 2.18. The molecule has 1 heterocycles. The summed E-state index contributed by atoms with van der Waals surface area (Å²) in [6.07, 6.45) is 2.73. The highest BCUT2D eigenvalue weighted by Gasteiger charge is 2.17. The molecule has 3 nitrogen and oxygen atoms in total. The first kappa shape index (κ1) is 12.1. The van der Waals surface area contributed by atoms with Gasteiger partial charge in [0.1, 0.15) is 0 Å². The summed E-state index contributed by atoms with van der Waals surface area (Å²) < 4.78 is 5.37. The van der Waals surface area contributed by atoms with E-state index in [1.54, 1.807) is 0 Å². The Labute approximate surface area is 102 Å². The Morgan fingerprint density at radius 3 is 3.12 bits per heavy atom. The van der Waals surface area contributed by atoms with E-state index in [-0.39, 0.29) is 5.91 Å². The number of amides is 1. The van der Waals surface area contributed by atoms with Crippen LogP contribution in [-0.2, 0) is 9.53 Å². The number of hydrogen-bond donors (Lipinski definition) is 1. The maximum atomic E-state index is 11.8. The largest absolute Gasteiger partial charge is 0.381 e. The van der Waals surface area contributed by atoms with E-state index in [4.69, 9.17) is 4.74 Å². The summed E-state index contributed by atoms with van der Waals surface area (Å²) in [5, 5.41) is 2.94. The second-order valence-corrected chi connectivity index (χ2v) is 4.70.